The summed E-state index contributed by atoms with van der Waals surface area (Å²) in [6.07, 6.45) is 5.38. The topological polar surface area (TPSA) is 103 Å². The predicted molar refractivity (Wildman–Crippen MR) is 138 cm³/mol. The van der Waals surface area contributed by atoms with Crippen molar-refractivity contribution in [3.8, 4) is 17.2 Å². The minimum atomic E-state index is -0.571. The third kappa shape index (κ3) is 7.22. The van der Waals surface area contributed by atoms with Crippen LogP contribution in [0.4, 0.5) is 0 Å². The van der Waals surface area contributed by atoms with Gasteiger partial charge in [0.2, 0.25) is 0 Å². The molecule has 3 rings (SSSR count). The number of halogens is 1. The second-order valence-corrected chi connectivity index (χ2v) is 9.06. The number of rotatable bonds is 9. The van der Waals surface area contributed by atoms with Gasteiger partial charge in [-0.15, -0.1) is 0 Å². The number of hydrogen-bond donors (Lipinski definition) is 2. The number of thiocarbonyl (C=S) groups is 1. The Morgan fingerprint density at radius 1 is 1.06 bits per heavy atom. The van der Waals surface area contributed by atoms with Crippen LogP contribution in [-0.4, -0.2) is 48.7 Å². The van der Waals surface area contributed by atoms with Gasteiger partial charge in [0.1, 0.15) is 5.75 Å². The molecule has 0 saturated heterocycles. The lowest BCUT2D eigenvalue weighted by Crippen LogP contribution is -2.48. The number of primary amides is 1. The molecule has 8 nitrogen and oxygen atoms in total. The normalized spacial score (nSPS) is 13.6. The van der Waals surface area contributed by atoms with Crippen LogP contribution >= 0.6 is 23.8 Å². The number of methoxy groups -OCH3 is 2. The summed E-state index contributed by atoms with van der Waals surface area (Å²) >= 11 is 11.9. The molecule has 1 aliphatic rings. The van der Waals surface area contributed by atoms with E-state index in [1.54, 1.807) is 24.3 Å². The van der Waals surface area contributed by atoms with Crippen LogP contribution in [0.5, 0.6) is 17.2 Å². The van der Waals surface area contributed by atoms with E-state index in [1.165, 1.54) is 20.6 Å². The molecule has 0 heterocycles. The van der Waals surface area contributed by atoms with Crippen LogP contribution in [0.1, 0.15) is 48.0 Å². The Morgan fingerprint density at radius 2 is 1.74 bits per heavy atom. The van der Waals surface area contributed by atoms with E-state index in [9.17, 15) is 9.59 Å². The summed E-state index contributed by atoms with van der Waals surface area (Å²) in [5.41, 5.74) is 6.48. The fraction of sp³-hybridized carbons (Fsp3) is 0.400. The number of nitrogens with one attached hydrogen (secondary N) is 1. The Hall–Kier alpha value is -3.04. The fourth-order valence-corrected chi connectivity index (χ4v) is 4.65. The molecule has 35 heavy (non-hydrogen) atoms. The number of carbonyl (C=O) groups is 2. The molecular weight excluding hydrogens is 490 g/mol. The van der Waals surface area contributed by atoms with E-state index in [0.29, 0.717) is 39.5 Å². The molecule has 188 valence electrons. The van der Waals surface area contributed by atoms with Crippen LogP contribution in [0, 0.1) is 0 Å². The van der Waals surface area contributed by atoms with Gasteiger partial charge in [-0.25, -0.2) is 0 Å². The van der Waals surface area contributed by atoms with E-state index in [-0.39, 0.29) is 18.6 Å². The molecule has 2 aromatic rings. The van der Waals surface area contributed by atoms with Crippen molar-refractivity contribution in [2.75, 3.05) is 20.8 Å². The van der Waals surface area contributed by atoms with E-state index < -0.39 is 5.91 Å². The molecule has 0 radical (unpaired) electrons. The first kappa shape index (κ1) is 26.6. The number of carbonyl (C=O) groups excluding carboxylic acids is 2. The average molecular weight is 520 g/mol. The molecule has 10 heteroatoms. The monoisotopic (exact) mass is 519 g/mol. The lowest BCUT2D eigenvalue weighted by atomic mass is 9.94. The van der Waals surface area contributed by atoms with Gasteiger partial charge in [-0.2, -0.15) is 0 Å². The van der Waals surface area contributed by atoms with Gasteiger partial charge < -0.3 is 24.8 Å². The van der Waals surface area contributed by atoms with E-state index in [1.807, 2.05) is 12.1 Å². The Kier molecular flexibility index (Phi) is 9.56. The number of benzene rings is 2. The molecule has 0 bridgehead atoms. The number of nitrogens with two attached hydrogens (primary N) is 1. The molecular formula is C25H30ClN3O5S. The zero-order chi connectivity index (χ0) is 25.4. The first-order valence-corrected chi connectivity index (χ1v) is 12.1. The summed E-state index contributed by atoms with van der Waals surface area (Å²) in [5, 5.41) is 3.56. The highest BCUT2D eigenvalue weighted by atomic mass is 35.5. The Morgan fingerprint density at radius 3 is 2.37 bits per heavy atom. The minimum absolute atomic E-state index is 0.202. The summed E-state index contributed by atoms with van der Waals surface area (Å²) in [5.74, 6) is 0.487. The SMILES string of the molecule is COc1ccc(C(=O)NC(=S)N(Cc2ccc(OCC(N)=O)c(OC)c2)C2CCCCC2)cc1Cl. The number of hydrogen-bond acceptors (Lipinski definition) is 6. The van der Waals surface area contributed by atoms with E-state index in [2.05, 4.69) is 10.2 Å². The van der Waals surface area contributed by atoms with Gasteiger partial charge in [-0.1, -0.05) is 36.9 Å². The molecule has 1 fully saturated rings. The highest BCUT2D eigenvalue weighted by Gasteiger charge is 2.25. The van der Waals surface area contributed by atoms with Crippen molar-refractivity contribution in [1.29, 1.82) is 0 Å². The molecule has 3 N–H and O–H groups in total. The van der Waals surface area contributed by atoms with Gasteiger partial charge in [0.25, 0.3) is 11.8 Å². The van der Waals surface area contributed by atoms with Gasteiger partial charge in [0.05, 0.1) is 19.2 Å². The van der Waals surface area contributed by atoms with Crippen molar-refractivity contribution in [3.63, 3.8) is 0 Å². The zero-order valence-electron chi connectivity index (χ0n) is 19.8. The maximum atomic E-state index is 12.9. The summed E-state index contributed by atoms with van der Waals surface area (Å²) in [4.78, 5) is 26.0. The lowest BCUT2D eigenvalue weighted by molar-refractivity contribution is -0.119. The van der Waals surface area contributed by atoms with Crippen LogP contribution in [-0.2, 0) is 11.3 Å². The van der Waals surface area contributed by atoms with Crippen molar-refractivity contribution in [3.05, 3.63) is 52.5 Å². The van der Waals surface area contributed by atoms with Crippen molar-refractivity contribution in [2.24, 2.45) is 5.73 Å². The zero-order valence-corrected chi connectivity index (χ0v) is 21.4. The number of nitrogens with zero attached hydrogens (tertiary/aromatic N) is 1. The van der Waals surface area contributed by atoms with Gasteiger partial charge in [-0.05, 0) is 61.0 Å². The Bertz CT molecular complexity index is 1080. The molecule has 0 atom stereocenters. The average Bonchev–Trinajstić information content (AvgIpc) is 2.86. The molecule has 2 aromatic carbocycles. The van der Waals surface area contributed by atoms with Crippen molar-refractivity contribution < 1.29 is 23.8 Å². The van der Waals surface area contributed by atoms with Crippen LogP contribution in [0.3, 0.4) is 0 Å². The largest absolute Gasteiger partial charge is 0.495 e. The summed E-state index contributed by atoms with van der Waals surface area (Å²) in [6, 6.07) is 10.5. The van der Waals surface area contributed by atoms with Crippen LogP contribution < -0.4 is 25.3 Å². The maximum Gasteiger partial charge on any atom is 0.257 e. The molecule has 0 aliphatic heterocycles. The second kappa shape index (κ2) is 12.6. The summed E-state index contributed by atoms with van der Waals surface area (Å²) in [6.45, 7) is 0.231. The van der Waals surface area contributed by atoms with Gasteiger partial charge in [0.15, 0.2) is 23.2 Å². The summed E-state index contributed by atoms with van der Waals surface area (Å²) < 4.78 is 16.0. The van der Waals surface area contributed by atoms with E-state index in [4.69, 9.17) is 43.8 Å². The quantitative estimate of drug-likeness (QED) is 0.481. The van der Waals surface area contributed by atoms with Gasteiger partial charge in [-0.3, -0.25) is 14.9 Å². The molecule has 0 aromatic heterocycles. The van der Waals surface area contributed by atoms with Gasteiger partial charge in [0, 0.05) is 18.2 Å². The van der Waals surface area contributed by atoms with Gasteiger partial charge >= 0.3 is 0 Å². The number of amides is 2. The molecule has 1 aliphatic carbocycles. The number of ether oxygens (including phenoxy) is 3. The smallest absolute Gasteiger partial charge is 0.257 e. The van der Waals surface area contributed by atoms with E-state index >= 15 is 0 Å². The summed E-state index contributed by atoms with van der Waals surface area (Å²) in [7, 11) is 3.05. The molecule has 0 unspecified atom stereocenters. The third-order valence-electron chi connectivity index (χ3n) is 5.86. The lowest BCUT2D eigenvalue weighted by Gasteiger charge is -2.36. The molecule has 0 spiro atoms. The highest BCUT2D eigenvalue weighted by molar-refractivity contribution is 7.80. The Labute approximate surface area is 215 Å². The minimum Gasteiger partial charge on any atom is -0.495 e. The van der Waals surface area contributed by atoms with Crippen molar-refractivity contribution in [1.82, 2.24) is 10.2 Å². The Balaban J connectivity index is 1.78. The second-order valence-electron chi connectivity index (χ2n) is 8.27. The fourth-order valence-electron chi connectivity index (χ4n) is 4.08. The molecule has 1 saturated carbocycles. The first-order valence-electron chi connectivity index (χ1n) is 11.4. The molecule has 2 amide bonds. The highest BCUT2D eigenvalue weighted by Crippen LogP contribution is 2.30. The predicted octanol–water partition coefficient (Wildman–Crippen LogP) is 4.07. The third-order valence-corrected chi connectivity index (χ3v) is 6.49. The van der Waals surface area contributed by atoms with Crippen LogP contribution in [0.2, 0.25) is 5.02 Å². The maximum absolute atomic E-state index is 12.9. The van der Waals surface area contributed by atoms with Crippen LogP contribution in [0.25, 0.3) is 0 Å². The van der Waals surface area contributed by atoms with Crippen molar-refractivity contribution >= 4 is 40.7 Å². The standard InChI is InChI=1S/C25H30ClN3O5S/c1-32-20-11-9-17(13-19(20)26)24(31)28-25(35)29(18-6-4-3-5-7-18)14-16-8-10-21(22(12-16)33-2)34-15-23(27)30/h8-13,18H,3-7,14-15H2,1-2H3,(H2,27,30)(H,28,31,35). The van der Waals surface area contributed by atoms with Crippen LogP contribution in [0.15, 0.2) is 36.4 Å². The first-order chi connectivity index (χ1) is 16.8. The van der Waals surface area contributed by atoms with Crippen molar-refractivity contribution in [2.45, 2.75) is 44.7 Å². The van der Waals surface area contributed by atoms with E-state index in [0.717, 1.165) is 31.2 Å².